The van der Waals surface area contributed by atoms with Gasteiger partial charge in [0, 0.05) is 17.5 Å². The highest BCUT2D eigenvalue weighted by Gasteiger charge is 2.20. The number of benzene rings is 1. The zero-order chi connectivity index (χ0) is 16.8. The van der Waals surface area contributed by atoms with Crippen LogP contribution in [0.5, 0.6) is 11.5 Å². The Morgan fingerprint density at radius 2 is 2.04 bits per heavy atom. The molecule has 0 unspecified atom stereocenters. The summed E-state index contributed by atoms with van der Waals surface area (Å²) >= 11 is 1.57. The summed E-state index contributed by atoms with van der Waals surface area (Å²) in [5.74, 6) is 2.31. The average Bonchev–Trinajstić information content (AvgIpc) is 3.37. The number of fused-ring (bicyclic) bond motifs is 2. The summed E-state index contributed by atoms with van der Waals surface area (Å²) < 4.78 is 18.9. The van der Waals surface area contributed by atoms with Crippen LogP contribution in [-0.4, -0.2) is 22.6 Å². The van der Waals surface area contributed by atoms with Crippen molar-refractivity contribution in [3.8, 4) is 34.2 Å². The summed E-state index contributed by atoms with van der Waals surface area (Å²) in [6, 6.07) is 9.69. The van der Waals surface area contributed by atoms with Gasteiger partial charge < -0.3 is 19.6 Å². The molecular weight excluding hydrogens is 338 g/mol. The summed E-state index contributed by atoms with van der Waals surface area (Å²) in [4.78, 5) is 5.68. The van der Waals surface area contributed by atoms with Gasteiger partial charge in [-0.2, -0.15) is 0 Å². The first-order valence-electron chi connectivity index (χ1n) is 7.98. The second kappa shape index (κ2) is 5.65. The first kappa shape index (κ1) is 14.6. The lowest BCUT2D eigenvalue weighted by Gasteiger charge is -2.18. The van der Waals surface area contributed by atoms with Gasteiger partial charge in [-0.15, -0.1) is 11.3 Å². The first-order valence-corrected chi connectivity index (χ1v) is 8.86. The van der Waals surface area contributed by atoms with Crippen LogP contribution in [0.4, 0.5) is 0 Å². The molecule has 0 radical (unpaired) electrons. The molecule has 1 aromatic carbocycles. The standard InChI is InChI=1S/C18H15N3O3S/c19-9-12-17(11-3-4-15-16(8-11)24-7-6-23-15)20-18-21(12)13(10-25-18)14-2-1-5-22-14/h1-5,8,10H,6-7,9,19H2. The molecule has 126 valence electrons. The highest BCUT2D eigenvalue weighted by atomic mass is 32.1. The number of furan rings is 1. The van der Waals surface area contributed by atoms with Gasteiger partial charge in [0.05, 0.1) is 17.7 Å². The van der Waals surface area contributed by atoms with E-state index in [1.807, 2.05) is 35.7 Å². The summed E-state index contributed by atoms with van der Waals surface area (Å²) in [5, 5.41) is 2.04. The molecule has 0 amide bonds. The Kier molecular flexibility index (Phi) is 3.29. The van der Waals surface area contributed by atoms with Crippen LogP contribution >= 0.6 is 11.3 Å². The molecule has 1 aliphatic heterocycles. The molecule has 0 fully saturated rings. The van der Waals surface area contributed by atoms with Crippen molar-refractivity contribution in [2.75, 3.05) is 13.2 Å². The Bertz CT molecular complexity index is 1050. The molecule has 25 heavy (non-hydrogen) atoms. The van der Waals surface area contributed by atoms with Crippen LogP contribution in [-0.2, 0) is 6.54 Å². The number of ether oxygens (including phenoxy) is 2. The van der Waals surface area contributed by atoms with Crippen molar-refractivity contribution in [1.29, 1.82) is 0 Å². The molecule has 0 saturated heterocycles. The van der Waals surface area contributed by atoms with E-state index in [2.05, 4.69) is 4.40 Å². The van der Waals surface area contributed by atoms with Crippen LogP contribution in [0.3, 0.4) is 0 Å². The third kappa shape index (κ3) is 2.24. The maximum Gasteiger partial charge on any atom is 0.195 e. The summed E-state index contributed by atoms with van der Waals surface area (Å²) in [7, 11) is 0. The second-order valence-corrected chi connectivity index (χ2v) is 6.52. The van der Waals surface area contributed by atoms with Crippen LogP contribution in [0, 0.1) is 0 Å². The van der Waals surface area contributed by atoms with Crippen molar-refractivity contribution in [2.24, 2.45) is 5.73 Å². The van der Waals surface area contributed by atoms with Crippen molar-refractivity contribution < 1.29 is 13.9 Å². The van der Waals surface area contributed by atoms with Crippen molar-refractivity contribution in [2.45, 2.75) is 6.54 Å². The lowest BCUT2D eigenvalue weighted by molar-refractivity contribution is 0.171. The summed E-state index contributed by atoms with van der Waals surface area (Å²) in [5.41, 5.74) is 9.80. The molecule has 0 atom stereocenters. The van der Waals surface area contributed by atoms with E-state index in [0.717, 1.165) is 44.9 Å². The number of aromatic nitrogens is 2. The number of nitrogens with zero attached hydrogens (tertiary/aromatic N) is 2. The minimum absolute atomic E-state index is 0.370. The maximum atomic E-state index is 6.08. The number of imidazole rings is 1. The van der Waals surface area contributed by atoms with E-state index in [1.165, 1.54) is 0 Å². The van der Waals surface area contributed by atoms with Gasteiger partial charge in [0.25, 0.3) is 0 Å². The van der Waals surface area contributed by atoms with Gasteiger partial charge in [0.15, 0.2) is 22.2 Å². The zero-order valence-corrected chi connectivity index (χ0v) is 14.1. The quantitative estimate of drug-likeness (QED) is 0.610. The van der Waals surface area contributed by atoms with Crippen molar-refractivity contribution in [1.82, 2.24) is 9.38 Å². The monoisotopic (exact) mass is 353 g/mol. The molecule has 7 heteroatoms. The Morgan fingerprint density at radius 1 is 1.16 bits per heavy atom. The number of nitrogens with two attached hydrogens (primary N) is 1. The van der Waals surface area contributed by atoms with E-state index in [0.29, 0.717) is 19.8 Å². The van der Waals surface area contributed by atoms with E-state index in [9.17, 15) is 0 Å². The molecule has 2 N–H and O–H groups in total. The Morgan fingerprint density at radius 3 is 2.84 bits per heavy atom. The van der Waals surface area contributed by atoms with Crippen LogP contribution < -0.4 is 15.2 Å². The SMILES string of the molecule is NCc1c(-c2ccc3c(c2)OCCO3)nc2scc(-c3ccco3)n12. The van der Waals surface area contributed by atoms with Gasteiger partial charge in [-0.05, 0) is 30.3 Å². The fourth-order valence-electron chi connectivity index (χ4n) is 3.12. The zero-order valence-electron chi connectivity index (χ0n) is 13.3. The summed E-state index contributed by atoms with van der Waals surface area (Å²) in [6.07, 6.45) is 1.67. The number of rotatable bonds is 3. The smallest absolute Gasteiger partial charge is 0.195 e. The van der Waals surface area contributed by atoms with Gasteiger partial charge in [-0.1, -0.05) is 0 Å². The van der Waals surface area contributed by atoms with E-state index in [-0.39, 0.29) is 0 Å². The Balaban J connectivity index is 1.69. The molecule has 6 nitrogen and oxygen atoms in total. The van der Waals surface area contributed by atoms with E-state index < -0.39 is 0 Å². The highest BCUT2D eigenvalue weighted by Crippen LogP contribution is 2.37. The predicted molar refractivity (Wildman–Crippen MR) is 95.1 cm³/mol. The first-order chi connectivity index (χ1) is 12.3. The number of hydrogen-bond acceptors (Lipinski definition) is 6. The van der Waals surface area contributed by atoms with Gasteiger partial charge in [0.1, 0.15) is 18.9 Å². The molecule has 5 rings (SSSR count). The van der Waals surface area contributed by atoms with Gasteiger partial charge in [-0.3, -0.25) is 4.40 Å². The fraction of sp³-hybridized carbons (Fsp3) is 0.167. The minimum atomic E-state index is 0.370. The van der Waals surface area contributed by atoms with Gasteiger partial charge in [0.2, 0.25) is 0 Å². The van der Waals surface area contributed by atoms with Crippen LogP contribution in [0.2, 0.25) is 0 Å². The molecule has 0 saturated carbocycles. The molecule has 0 aliphatic carbocycles. The molecule has 1 aliphatic rings. The van der Waals surface area contributed by atoms with Crippen LogP contribution in [0.25, 0.3) is 27.7 Å². The minimum Gasteiger partial charge on any atom is -0.486 e. The summed E-state index contributed by atoms with van der Waals surface area (Å²) in [6.45, 7) is 1.50. The van der Waals surface area contributed by atoms with E-state index >= 15 is 0 Å². The third-order valence-electron chi connectivity index (χ3n) is 4.24. The highest BCUT2D eigenvalue weighted by molar-refractivity contribution is 7.15. The van der Waals surface area contributed by atoms with Gasteiger partial charge in [-0.25, -0.2) is 4.98 Å². The molecule has 0 spiro atoms. The predicted octanol–water partition coefficient (Wildman–Crippen LogP) is 3.55. The molecule has 4 aromatic rings. The maximum absolute atomic E-state index is 6.08. The Labute approximate surface area is 147 Å². The van der Waals surface area contributed by atoms with E-state index in [1.54, 1.807) is 17.6 Å². The topological polar surface area (TPSA) is 74.9 Å². The van der Waals surface area contributed by atoms with Gasteiger partial charge >= 0.3 is 0 Å². The number of thiazole rings is 1. The number of hydrogen-bond donors (Lipinski definition) is 1. The van der Waals surface area contributed by atoms with Crippen molar-refractivity contribution in [3.63, 3.8) is 0 Å². The normalized spacial score (nSPS) is 13.5. The van der Waals surface area contributed by atoms with Crippen molar-refractivity contribution in [3.05, 3.63) is 47.7 Å². The largest absolute Gasteiger partial charge is 0.486 e. The molecule has 4 heterocycles. The molecule has 0 bridgehead atoms. The average molecular weight is 353 g/mol. The second-order valence-electron chi connectivity index (χ2n) is 5.69. The fourth-order valence-corrected chi connectivity index (χ4v) is 4.02. The molecular formula is C18H15N3O3S. The third-order valence-corrected chi connectivity index (χ3v) is 5.07. The van der Waals surface area contributed by atoms with Crippen LogP contribution in [0.15, 0.2) is 46.4 Å². The van der Waals surface area contributed by atoms with Crippen LogP contribution in [0.1, 0.15) is 5.69 Å². The molecule has 3 aromatic heterocycles. The van der Waals surface area contributed by atoms with Crippen molar-refractivity contribution >= 4 is 16.3 Å². The Hall–Kier alpha value is -2.77. The van der Waals surface area contributed by atoms with E-state index in [4.69, 9.17) is 24.6 Å². The lowest BCUT2D eigenvalue weighted by atomic mass is 10.1. The lowest BCUT2D eigenvalue weighted by Crippen LogP contribution is -2.15.